The van der Waals surface area contributed by atoms with Crippen LogP contribution in [0.25, 0.3) is 0 Å². The number of carbonyl (C=O) groups is 1. The van der Waals surface area contributed by atoms with Gasteiger partial charge >= 0.3 is 0 Å². The first-order valence-corrected chi connectivity index (χ1v) is 14.0. The van der Waals surface area contributed by atoms with E-state index < -0.39 is 0 Å². The molecular formula is C26H48Cl3N7O3. The number of piperidine rings is 2. The fourth-order valence-corrected chi connectivity index (χ4v) is 5.97. The summed E-state index contributed by atoms with van der Waals surface area (Å²) < 4.78 is 0. The lowest BCUT2D eigenvalue weighted by atomic mass is 9.91. The van der Waals surface area contributed by atoms with Crippen LogP contribution in [0.4, 0.5) is 11.8 Å². The number of carbonyl (C=O) groups excluding carboxylic acids is 1. The minimum absolute atomic E-state index is 0. The van der Waals surface area contributed by atoms with Gasteiger partial charge in [0, 0.05) is 43.8 Å². The van der Waals surface area contributed by atoms with E-state index in [1.54, 1.807) is 0 Å². The quantitative estimate of drug-likeness (QED) is 0.270. The summed E-state index contributed by atoms with van der Waals surface area (Å²) in [5.41, 5.74) is 0. The Bertz CT molecular complexity index is 811. The summed E-state index contributed by atoms with van der Waals surface area (Å²) in [4.78, 5) is 26.6. The Morgan fingerprint density at radius 3 is 2.36 bits per heavy atom. The van der Waals surface area contributed by atoms with Gasteiger partial charge in [-0.2, -0.15) is 4.98 Å². The van der Waals surface area contributed by atoms with E-state index in [-0.39, 0.29) is 80.4 Å². The van der Waals surface area contributed by atoms with E-state index in [1.165, 1.54) is 25.7 Å². The minimum atomic E-state index is -0.316. The number of halogens is 3. The lowest BCUT2D eigenvalue weighted by Crippen LogP contribution is -2.58. The number of rotatable bonds is 10. The average Bonchev–Trinajstić information content (AvgIpc) is 3.21. The second-order valence-corrected chi connectivity index (χ2v) is 10.5. The van der Waals surface area contributed by atoms with Gasteiger partial charge in [-0.25, -0.2) is 4.98 Å². The Balaban J connectivity index is 0.00000253. The Hall–Kier alpha value is -1.14. The number of aliphatic hydroxyl groups excluding tert-OH is 2. The summed E-state index contributed by atoms with van der Waals surface area (Å²) in [7, 11) is 0. The number of nitrogens with zero attached hydrogens (tertiary/aromatic N) is 4. The van der Waals surface area contributed by atoms with Gasteiger partial charge in [0.1, 0.15) is 5.82 Å². The first-order chi connectivity index (χ1) is 17.7. The maximum Gasteiger partial charge on any atom is 0.224 e. The van der Waals surface area contributed by atoms with Gasteiger partial charge in [0.25, 0.3) is 0 Å². The number of likely N-dealkylation sites (tertiary alicyclic amines) is 1. The van der Waals surface area contributed by atoms with Crippen LogP contribution in [0, 0.1) is 5.92 Å². The van der Waals surface area contributed by atoms with Gasteiger partial charge in [-0.3, -0.25) is 9.69 Å². The molecule has 0 radical (unpaired) electrons. The Morgan fingerprint density at radius 1 is 1.00 bits per heavy atom. The maximum atomic E-state index is 12.7. The van der Waals surface area contributed by atoms with Crippen molar-refractivity contribution in [1.82, 2.24) is 25.5 Å². The van der Waals surface area contributed by atoms with Crippen molar-refractivity contribution >= 4 is 54.9 Å². The van der Waals surface area contributed by atoms with Crippen molar-refractivity contribution in [3.63, 3.8) is 0 Å². The summed E-state index contributed by atoms with van der Waals surface area (Å²) in [6.07, 6.45) is 11.2. The van der Waals surface area contributed by atoms with Crippen molar-refractivity contribution in [2.45, 2.75) is 75.9 Å². The van der Waals surface area contributed by atoms with Crippen LogP contribution in [0.5, 0.6) is 0 Å². The zero-order chi connectivity index (χ0) is 25.2. The molecule has 10 nitrogen and oxygen atoms in total. The molecule has 5 N–H and O–H groups in total. The van der Waals surface area contributed by atoms with E-state index in [9.17, 15) is 15.0 Å². The highest BCUT2D eigenvalue weighted by Gasteiger charge is 2.35. The molecule has 1 amide bonds. The third-order valence-electron chi connectivity index (χ3n) is 8.05. The molecule has 4 rings (SSSR count). The molecule has 39 heavy (non-hydrogen) atoms. The zero-order valence-electron chi connectivity index (χ0n) is 22.8. The normalized spacial score (nSPS) is 22.6. The van der Waals surface area contributed by atoms with Crippen LogP contribution in [0.15, 0.2) is 12.3 Å². The predicted octanol–water partition coefficient (Wildman–Crippen LogP) is 2.23. The number of aliphatic hydroxyl groups is 2. The third-order valence-corrected chi connectivity index (χ3v) is 8.05. The second kappa shape index (κ2) is 19.1. The average molecular weight is 613 g/mol. The molecule has 13 heteroatoms. The molecule has 0 bridgehead atoms. The van der Waals surface area contributed by atoms with Crippen LogP contribution >= 0.6 is 37.2 Å². The van der Waals surface area contributed by atoms with Crippen LogP contribution in [0.1, 0.15) is 57.8 Å². The maximum absolute atomic E-state index is 12.7. The lowest BCUT2D eigenvalue weighted by Gasteiger charge is -2.45. The van der Waals surface area contributed by atoms with Crippen molar-refractivity contribution < 1.29 is 15.0 Å². The number of nitrogens with one attached hydrogen (secondary N) is 3. The molecule has 0 aliphatic carbocycles. The minimum Gasteiger partial charge on any atom is -0.395 e. The lowest BCUT2D eigenvalue weighted by molar-refractivity contribution is -0.125. The van der Waals surface area contributed by atoms with Crippen LogP contribution in [-0.4, -0.2) is 102 Å². The number of anilines is 2. The van der Waals surface area contributed by atoms with Gasteiger partial charge in [-0.1, -0.05) is 12.8 Å². The molecule has 3 saturated heterocycles. The SMILES string of the molecule is Cl.Cl.Cl.O=C(NCCC1C(Nc2nccc(N3CCCCCC3)n2)CCCN1C(CO)CO)C1CCNCC1. The highest BCUT2D eigenvalue weighted by atomic mass is 35.5. The van der Waals surface area contributed by atoms with E-state index in [2.05, 4.69) is 30.7 Å². The monoisotopic (exact) mass is 611 g/mol. The second-order valence-electron chi connectivity index (χ2n) is 10.5. The first kappa shape index (κ1) is 35.9. The van der Waals surface area contributed by atoms with Crippen molar-refractivity contribution in [3.05, 3.63) is 12.3 Å². The van der Waals surface area contributed by atoms with Crippen molar-refractivity contribution in [2.24, 2.45) is 5.92 Å². The van der Waals surface area contributed by atoms with Crippen molar-refractivity contribution in [1.29, 1.82) is 0 Å². The summed E-state index contributed by atoms with van der Waals surface area (Å²) in [6, 6.07) is 1.78. The Labute approximate surface area is 251 Å². The number of aromatic nitrogens is 2. The summed E-state index contributed by atoms with van der Waals surface area (Å²) in [5.74, 6) is 1.81. The molecule has 1 aromatic heterocycles. The fraction of sp³-hybridized carbons (Fsp3) is 0.808. The summed E-state index contributed by atoms with van der Waals surface area (Å²) in [6.45, 7) is 5.04. The number of hydrogen-bond donors (Lipinski definition) is 5. The Kier molecular flexibility index (Phi) is 17.5. The summed E-state index contributed by atoms with van der Waals surface area (Å²) >= 11 is 0. The first-order valence-electron chi connectivity index (χ1n) is 14.0. The zero-order valence-corrected chi connectivity index (χ0v) is 25.3. The van der Waals surface area contributed by atoms with Crippen LogP contribution in [0.3, 0.4) is 0 Å². The topological polar surface area (TPSA) is 126 Å². The largest absolute Gasteiger partial charge is 0.395 e. The molecule has 3 aliphatic rings. The van der Waals surface area contributed by atoms with E-state index in [1.807, 2.05) is 12.3 Å². The van der Waals surface area contributed by atoms with Crippen molar-refractivity contribution in [2.75, 3.05) is 62.7 Å². The molecule has 0 saturated carbocycles. The van der Waals surface area contributed by atoms with Gasteiger partial charge < -0.3 is 31.1 Å². The molecule has 3 aliphatic heterocycles. The highest BCUT2D eigenvalue weighted by Crippen LogP contribution is 2.26. The number of amides is 1. The van der Waals surface area contributed by atoms with Crippen LogP contribution in [0.2, 0.25) is 0 Å². The molecule has 1 aromatic rings. The van der Waals surface area contributed by atoms with E-state index in [4.69, 9.17) is 4.98 Å². The van der Waals surface area contributed by atoms with E-state index in [0.29, 0.717) is 12.5 Å². The molecule has 0 spiro atoms. The van der Waals surface area contributed by atoms with E-state index in [0.717, 1.165) is 70.6 Å². The fourth-order valence-electron chi connectivity index (χ4n) is 5.97. The van der Waals surface area contributed by atoms with Crippen molar-refractivity contribution in [3.8, 4) is 0 Å². The molecule has 3 fully saturated rings. The van der Waals surface area contributed by atoms with Gasteiger partial charge in [-0.05, 0) is 70.6 Å². The number of hydrogen-bond acceptors (Lipinski definition) is 9. The standard InChI is InChI=1S/C26H45N7O3.3ClH/c34-18-21(19-35)33-17-5-6-22(23(33)9-13-28-25(36)20-7-11-27-12-8-20)30-26-29-14-10-24(31-26)32-15-3-1-2-4-16-32;;;/h10,14,20-23,27,34-35H,1-9,11-13,15-19H2,(H,28,36)(H,29,30,31);3*1H. The smallest absolute Gasteiger partial charge is 0.224 e. The molecule has 4 heterocycles. The molecule has 226 valence electrons. The third kappa shape index (κ3) is 10.3. The van der Waals surface area contributed by atoms with Crippen LogP contribution < -0.4 is 20.9 Å². The van der Waals surface area contributed by atoms with Crippen LogP contribution in [-0.2, 0) is 4.79 Å². The van der Waals surface area contributed by atoms with Gasteiger partial charge in [0.15, 0.2) is 0 Å². The molecule has 0 aromatic carbocycles. The molecular weight excluding hydrogens is 565 g/mol. The molecule has 2 unspecified atom stereocenters. The van der Waals surface area contributed by atoms with E-state index >= 15 is 0 Å². The Morgan fingerprint density at radius 2 is 1.69 bits per heavy atom. The van der Waals surface area contributed by atoms with Gasteiger partial charge in [0.2, 0.25) is 11.9 Å². The predicted molar refractivity (Wildman–Crippen MR) is 163 cm³/mol. The molecule has 2 atom stereocenters. The van der Waals surface area contributed by atoms with Gasteiger partial charge in [-0.15, -0.1) is 37.2 Å². The highest BCUT2D eigenvalue weighted by molar-refractivity contribution is 5.86. The summed E-state index contributed by atoms with van der Waals surface area (Å²) in [5, 5.41) is 29.9. The van der Waals surface area contributed by atoms with Gasteiger partial charge in [0.05, 0.1) is 19.3 Å².